The summed E-state index contributed by atoms with van der Waals surface area (Å²) in [4.78, 5) is 26.3. The van der Waals surface area contributed by atoms with Crippen molar-refractivity contribution in [1.29, 1.82) is 0 Å². The number of rotatable bonds is 8. The molecule has 0 saturated carbocycles. The molecule has 11 heteroatoms. The van der Waals surface area contributed by atoms with Crippen LogP contribution >= 0.6 is 0 Å². The Hall–Kier alpha value is -2.99. The number of aliphatic hydroxyl groups is 1. The Labute approximate surface area is 206 Å². The Morgan fingerprint density at radius 1 is 1.09 bits per heavy atom. The third-order valence-corrected chi connectivity index (χ3v) is 6.74. The zero-order chi connectivity index (χ0) is 26.2. The minimum Gasteiger partial charge on any atom is -0.395 e. The summed E-state index contributed by atoms with van der Waals surface area (Å²) in [7, 11) is -4.54. The third-order valence-electron chi connectivity index (χ3n) is 5.83. The van der Waals surface area contributed by atoms with Gasteiger partial charge in [0.15, 0.2) is 0 Å². The highest BCUT2D eigenvalue weighted by Gasteiger charge is 2.41. The van der Waals surface area contributed by atoms with Crippen LogP contribution in [0.2, 0.25) is 0 Å². The van der Waals surface area contributed by atoms with E-state index in [2.05, 4.69) is 36.4 Å². The second-order valence-electron chi connectivity index (χ2n) is 8.34. The third kappa shape index (κ3) is 7.25. The number of carbonyl (C=O) groups excluding carboxylic acids is 2. The zero-order valence-electron chi connectivity index (χ0n) is 20.5. The molecule has 1 aliphatic rings. The number of nitrogens with one attached hydrogen (secondary N) is 2. The molecule has 2 amide bonds. The van der Waals surface area contributed by atoms with Gasteiger partial charge in [-0.2, -0.15) is 8.42 Å². The molecule has 1 unspecified atom stereocenters. The van der Waals surface area contributed by atoms with Crippen LogP contribution in [0.3, 0.4) is 0 Å². The molecule has 0 bridgehead atoms. The molecule has 192 valence electrons. The van der Waals surface area contributed by atoms with E-state index in [0.717, 1.165) is 6.07 Å². The summed E-state index contributed by atoms with van der Waals surface area (Å²) in [6.07, 6.45) is 0. The monoisotopic (exact) mass is 506 g/mol. The van der Waals surface area contributed by atoms with Crippen molar-refractivity contribution in [1.82, 2.24) is 10.3 Å². The predicted octanol–water partition coefficient (Wildman–Crippen LogP) is 2.38. The maximum Gasteiger partial charge on any atom is 0.295 e. The largest absolute Gasteiger partial charge is 0.395 e. The average molecular weight is 507 g/mol. The number of nitrogens with zero attached hydrogens (tertiary/aromatic N) is 2. The Balaban J connectivity index is 0.000000540. The maximum absolute atomic E-state index is 12.4. The van der Waals surface area contributed by atoms with Crippen LogP contribution in [0.4, 0.5) is 11.4 Å². The van der Waals surface area contributed by atoms with E-state index < -0.39 is 26.3 Å². The van der Waals surface area contributed by atoms with Gasteiger partial charge in [0.1, 0.15) is 4.90 Å². The lowest BCUT2D eigenvalue weighted by atomic mass is 9.92. The highest BCUT2D eigenvalue weighted by atomic mass is 32.2. The number of amides is 2. The number of hydrogen-bond acceptors (Lipinski definition) is 7. The molecule has 1 aliphatic heterocycles. The van der Waals surface area contributed by atoms with Crippen molar-refractivity contribution in [2.75, 3.05) is 43.1 Å². The lowest BCUT2D eigenvalue weighted by Gasteiger charge is -2.20. The second-order valence-corrected chi connectivity index (χ2v) is 9.73. The summed E-state index contributed by atoms with van der Waals surface area (Å²) in [5.41, 5.74) is 2.65. The van der Waals surface area contributed by atoms with Gasteiger partial charge < -0.3 is 15.3 Å². The number of benzene rings is 2. The van der Waals surface area contributed by atoms with Crippen molar-refractivity contribution in [3.63, 3.8) is 0 Å². The van der Waals surface area contributed by atoms with Crippen LogP contribution < -0.4 is 15.8 Å². The fourth-order valence-corrected chi connectivity index (χ4v) is 4.16. The molecule has 10 nitrogen and oxygen atoms in total. The summed E-state index contributed by atoms with van der Waals surface area (Å²) in [6.45, 7) is 11.8. The zero-order valence-corrected chi connectivity index (χ0v) is 21.3. The van der Waals surface area contributed by atoms with Crippen LogP contribution in [0.15, 0.2) is 53.4 Å². The van der Waals surface area contributed by atoms with E-state index in [4.69, 9.17) is 0 Å². The Morgan fingerprint density at radius 2 is 1.66 bits per heavy atom. The molecular weight excluding hydrogens is 472 g/mol. The molecule has 0 radical (unpaired) electrons. The van der Waals surface area contributed by atoms with E-state index in [1.54, 1.807) is 36.2 Å². The first-order valence-corrected chi connectivity index (χ1v) is 12.8. The Kier molecular flexibility index (Phi) is 9.78. The van der Waals surface area contributed by atoms with E-state index in [9.17, 15) is 27.7 Å². The summed E-state index contributed by atoms with van der Waals surface area (Å²) >= 11 is 0. The smallest absolute Gasteiger partial charge is 0.295 e. The molecule has 3 rings (SSSR count). The van der Waals surface area contributed by atoms with Crippen molar-refractivity contribution in [2.45, 2.75) is 32.6 Å². The first-order chi connectivity index (χ1) is 16.5. The summed E-state index contributed by atoms with van der Waals surface area (Å²) in [5.74, 6) is -0.975. The van der Waals surface area contributed by atoms with Crippen LogP contribution in [-0.4, -0.2) is 67.6 Å². The average Bonchev–Trinajstić information content (AvgIpc) is 3.15. The molecule has 0 aliphatic carbocycles. The summed E-state index contributed by atoms with van der Waals surface area (Å²) in [5, 5.41) is 13.6. The fraction of sp³-hybridized carbons (Fsp3) is 0.417. The molecule has 4 N–H and O–H groups in total. The highest BCUT2D eigenvalue weighted by Crippen LogP contribution is 2.28. The quantitative estimate of drug-likeness (QED) is 0.400. The van der Waals surface area contributed by atoms with Gasteiger partial charge in [-0.25, -0.2) is 0 Å². The summed E-state index contributed by atoms with van der Waals surface area (Å²) < 4.78 is 32.1. The molecule has 35 heavy (non-hydrogen) atoms. The van der Waals surface area contributed by atoms with E-state index >= 15 is 0 Å². The minimum absolute atomic E-state index is 0.181. The van der Waals surface area contributed by atoms with Gasteiger partial charge in [-0.15, -0.1) is 0 Å². The van der Waals surface area contributed by atoms with Crippen molar-refractivity contribution in [3.8, 4) is 0 Å². The highest BCUT2D eigenvalue weighted by molar-refractivity contribution is 7.86. The van der Waals surface area contributed by atoms with Gasteiger partial charge in [0.05, 0.1) is 29.8 Å². The molecule has 0 spiro atoms. The molecule has 1 saturated heterocycles. The molecule has 2 aromatic rings. The van der Waals surface area contributed by atoms with Crippen molar-refractivity contribution < 1.29 is 27.7 Å². The minimum atomic E-state index is -4.54. The fourth-order valence-electron chi connectivity index (χ4n) is 3.47. The van der Waals surface area contributed by atoms with Gasteiger partial charge in [-0.1, -0.05) is 32.9 Å². The number of anilines is 2. The van der Waals surface area contributed by atoms with E-state index in [0.29, 0.717) is 11.4 Å². The Bertz CT molecular complexity index is 1110. The topological polar surface area (TPSA) is 139 Å². The molecule has 0 aromatic heterocycles. The van der Waals surface area contributed by atoms with E-state index in [-0.39, 0.29) is 24.6 Å². The molecule has 1 fully saturated rings. The predicted molar refractivity (Wildman–Crippen MR) is 135 cm³/mol. The number of hydrogen-bond donors (Lipinski definition) is 4. The molecular formula is C24H34N4O6S. The van der Waals surface area contributed by atoms with Crippen LogP contribution in [0.25, 0.3) is 0 Å². The van der Waals surface area contributed by atoms with Gasteiger partial charge in [0, 0.05) is 5.69 Å². The maximum atomic E-state index is 12.4. The number of carbonyl (C=O) groups is 2. The van der Waals surface area contributed by atoms with Crippen LogP contribution in [0, 0.1) is 5.41 Å². The van der Waals surface area contributed by atoms with Gasteiger partial charge in [-0.3, -0.25) is 24.6 Å². The van der Waals surface area contributed by atoms with Crippen molar-refractivity contribution >= 4 is 33.3 Å². The first kappa shape index (κ1) is 28.2. The van der Waals surface area contributed by atoms with Gasteiger partial charge in [-0.05, 0) is 63.0 Å². The Morgan fingerprint density at radius 3 is 2.11 bits per heavy atom. The first-order valence-electron chi connectivity index (χ1n) is 11.4. The lowest BCUT2D eigenvalue weighted by Crippen LogP contribution is -2.34. The standard InChI is InChI=1S/C18H19N3O6S.C6H15N/c1-18(11-22)10-21(20-17(18)24)13-8-6-12(7-9-13)19-16(23)14-4-2-3-5-15(14)28(25,26)27;1-4-7(5-2)6-3/h2-9,22H,10-11H2,1H3,(H,19,23)(H,20,24)(H,25,26,27);4-6H2,1-3H3. The number of aliphatic hydroxyl groups excluding tert-OH is 1. The van der Waals surface area contributed by atoms with Gasteiger partial charge in [0.2, 0.25) is 5.91 Å². The normalized spacial score (nSPS) is 17.6. The number of hydrazine groups is 1. The summed E-state index contributed by atoms with van der Waals surface area (Å²) in [6, 6.07) is 11.8. The second kappa shape index (κ2) is 12.1. The van der Waals surface area contributed by atoms with Crippen molar-refractivity contribution in [2.24, 2.45) is 5.41 Å². The SMILES string of the molecule is CC1(CO)CN(c2ccc(NC(=O)c3ccccc3S(=O)(=O)O)cc2)NC1=O.CCN(CC)CC. The van der Waals surface area contributed by atoms with E-state index in [1.165, 1.54) is 37.8 Å². The lowest BCUT2D eigenvalue weighted by molar-refractivity contribution is -0.128. The molecule has 1 atom stereocenters. The van der Waals surface area contributed by atoms with Gasteiger partial charge in [0.25, 0.3) is 16.0 Å². The molecule has 1 heterocycles. The van der Waals surface area contributed by atoms with Crippen LogP contribution in [0.1, 0.15) is 38.1 Å². The van der Waals surface area contributed by atoms with Crippen LogP contribution in [-0.2, 0) is 14.9 Å². The van der Waals surface area contributed by atoms with E-state index in [1.807, 2.05) is 0 Å². The molecule has 2 aromatic carbocycles. The van der Waals surface area contributed by atoms with Crippen LogP contribution in [0.5, 0.6) is 0 Å². The van der Waals surface area contributed by atoms with Gasteiger partial charge >= 0.3 is 0 Å². The van der Waals surface area contributed by atoms with Crippen molar-refractivity contribution in [3.05, 3.63) is 54.1 Å².